The summed E-state index contributed by atoms with van der Waals surface area (Å²) in [6, 6.07) is 15.3. The van der Waals surface area contributed by atoms with Gasteiger partial charge in [-0.1, -0.05) is 46.3 Å². The predicted molar refractivity (Wildman–Crippen MR) is 95.1 cm³/mol. The summed E-state index contributed by atoms with van der Waals surface area (Å²) in [7, 11) is 0. The number of halogens is 1. The van der Waals surface area contributed by atoms with E-state index in [9.17, 15) is 9.59 Å². The van der Waals surface area contributed by atoms with Crippen molar-refractivity contribution in [2.24, 2.45) is 0 Å². The molecule has 0 bridgehead atoms. The summed E-state index contributed by atoms with van der Waals surface area (Å²) in [6.45, 7) is 1.92. The molecule has 0 heterocycles. The van der Waals surface area contributed by atoms with Crippen molar-refractivity contribution in [3.05, 3.63) is 64.1 Å². The van der Waals surface area contributed by atoms with Gasteiger partial charge in [-0.15, -0.1) is 0 Å². The molecule has 4 nitrogen and oxygen atoms in total. The van der Waals surface area contributed by atoms with Gasteiger partial charge in [-0.05, 0) is 35.7 Å². The minimum Gasteiger partial charge on any atom is -0.352 e. The van der Waals surface area contributed by atoms with Crippen LogP contribution in [-0.2, 0) is 22.6 Å². The fourth-order valence-corrected chi connectivity index (χ4v) is 2.68. The molecule has 2 N–H and O–H groups in total. The highest BCUT2D eigenvalue weighted by molar-refractivity contribution is 9.10. The van der Waals surface area contributed by atoms with Gasteiger partial charge in [0.15, 0.2) is 0 Å². The largest absolute Gasteiger partial charge is 0.352 e. The SMILES string of the molecule is CC(=O)Nc1cccc(CNC(=O)CCc2ccccc2Br)c1. The van der Waals surface area contributed by atoms with Crippen molar-refractivity contribution in [3.8, 4) is 0 Å². The topological polar surface area (TPSA) is 58.2 Å². The summed E-state index contributed by atoms with van der Waals surface area (Å²) in [5.74, 6) is -0.106. The quantitative estimate of drug-likeness (QED) is 0.810. The van der Waals surface area contributed by atoms with E-state index in [1.165, 1.54) is 6.92 Å². The maximum Gasteiger partial charge on any atom is 0.221 e. The minimum absolute atomic E-state index is 0.00526. The van der Waals surface area contributed by atoms with E-state index in [1.54, 1.807) is 0 Å². The number of aryl methyl sites for hydroxylation is 1. The molecular weight excluding hydrogens is 356 g/mol. The Kier molecular flexibility index (Phi) is 6.35. The molecule has 0 saturated heterocycles. The fourth-order valence-electron chi connectivity index (χ4n) is 2.20. The normalized spacial score (nSPS) is 10.2. The lowest BCUT2D eigenvalue weighted by atomic mass is 10.1. The molecule has 5 heteroatoms. The standard InChI is InChI=1S/C18H19BrN2O2/c1-13(22)21-16-7-4-5-14(11-16)12-20-18(23)10-9-15-6-2-3-8-17(15)19/h2-8,11H,9-10,12H2,1H3,(H,20,23)(H,21,22). The maximum absolute atomic E-state index is 12.0. The predicted octanol–water partition coefficient (Wildman–Crippen LogP) is 3.66. The number of anilines is 1. The van der Waals surface area contributed by atoms with Crippen LogP contribution in [-0.4, -0.2) is 11.8 Å². The van der Waals surface area contributed by atoms with Gasteiger partial charge in [-0.2, -0.15) is 0 Å². The van der Waals surface area contributed by atoms with Gasteiger partial charge < -0.3 is 10.6 Å². The molecule has 2 aromatic carbocycles. The Labute approximate surface area is 144 Å². The lowest BCUT2D eigenvalue weighted by Crippen LogP contribution is -2.23. The third-order valence-electron chi connectivity index (χ3n) is 3.32. The van der Waals surface area contributed by atoms with Crippen LogP contribution in [0.15, 0.2) is 53.0 Å². The van der Waals surface area contributed by atoms with Crippen molar-refractivity contribution in [1.82, 2.24) is 5.32 Å². The number of rotatable bonds is 6. The van der Waals surface area contributed by atoms with Crippen LogP contribution in [0, 0.1) is 0 Å². The van der Waals surface area contributed by atoms with Crippen LogP contribution < -0.4 is 10.6 Å². The molecule has 23 heavy (non-hydrogen) atoms. The zero-order valence-electron chi connectivity index (χ0n) is 12.9. The number of nitrogens with one attached hydrogen (secondary N) is 2. The summed E-state index contributed by atoms with van der Waals surface area (Å²) in [4.78, 5) is 23.0. The maximum atomic E-state index is 12.0. The van der Waals surface area contributed by atoms with Crippen LogP contribution in [0.25, 0.3) is 0 Å². The molecule has 0 aliphatic rings. The molecule has 2 aromatic rings. The summed E-state index contributed by atoms with van der Waals surface area (Å²) >= 11 is 3.48. The Morgan fingerprint density at radius 3 is 2.61 bits per heavy atom. The van der Waals surface area contributed by atoms with E-state index in [-0.39, 0.29) is 11.8 Å². The second-order valence-corrected chi connectivity index (χ2v) is 6.10. The van der Waals surface area contributed by atoms with Crippen molar-refractivity contribution < 1.29 is 9.59 Å². The van der Waals surface area contributed by atoms with Gasteiger partial charge in [0.1, 0.15) is 0 Å². The third-order valence-corrected chi connectivity index (χ3v) is 4.09. The van der Waals surface area contributed by atoms with Crippen LogP contribution in [0.2, 0.25) is 0 Å². The second kappa shape index (κ2) is 8.48. The van der Waals surface area contributed by atoms with E-state index in [1.807, 2.05) is 48.5 Å². The number of carbonyl (C=O) groups excluding carboxylic acids is 2. The molecule has 0 aromatic heterocycles. The van der Waals surface area contributed by atoms with E-state index in [4.69, 9.17) is 0 Å². The number of benzene rings is 2. The number of carbonyl (C=O) groups is 2. The highest BCUT2D eigenvalue weighted by Crippen LogP contribution is 2.17. The van der Waals surface area contributed by atoms with Crippen LogP contribution in [0.3, 0.4) is 0 Å². The van der Waals surface area contributed by atoms with Gasteiger partial charge in [0.05, 0.1) is 0 Å². The van der Waals surface area contributed by atoms with E-state index in [0.29, 0.717) is 19.4 Å². The van der Waals surface area contributed by atoms with Crippen molar-refractivity contribution in [2.75, 3.05) is 5.32 Å². The number of hydrogen-bond acceptors (Lipinski definition) is 2. The molecule has 0 spiro atoms. The first-order valence-electron chi connectivity index (χ1n) is 7.41. The first kappa shape index (κ1) is 17.2. The molecule has 0 unspecified atom stereocenters. The molecular formula is C18H19BrN2O2. The van der Waals surface area contributed by atoms with Crippen molar-refractivity contribution in [1.29, 1.82) is 0 Å². The van der Waals surface area contributed by atoms with Crippen molar-refractivity contribution in [2.45, 2.75) is 26.3 Å². The third kappa shape index (κ3) is 5.87. The van der Waals surface area contributed by atoms with Crippen LogP contribution in [0.4, 0.5) is 5.69 Å². The van der Waals surface area contributed by atoms with Crippen molar-refractivity contribution >= 4 is 33.4 Å². The molecule has 2 rings (SSSR count). The smallest absolute Gasteiger partial charge is 0.221 e. The van der Waals surface area contributed by atoms with Crippen LogP contribution in [0.5, 0.6) is 0 Å². The van der Waals surface area contributed by atoms with Gasteiger partial charge in [0, 0.05) is 30.0 Å². The molecule has 0 saturated carbocycles. The van der Waals surface area contributed by atoms with Gasteiger partial charge in [-0.3, -0.25) is 9.59 Å². The Balaban J connectivity index is 1.82. The molecule has 120 valence electrons. The van der Waals surface area contributed by atoms with E-state index in [2.05, 4.69) is 26.6 Å². The van der Waals surface area contributed by atoms with Crippen LogP contribution in [0.1, 0.15) is 24.5 Å². The minimum atomic E-state index is -0.111. The zero-order valence-corrected chi connectivity index (χ0v) is 14.5. The van der Waals surface area contributed by atoms with Crippen molar-refractivity contribution in [3.63, 3.8) is 0 Å². The number of hydrogen-bond donors (Lipinski definition) is 2. The Morgan fingerprint density at radius 1 is 1.09 bits per heavy atom. The highest BCUT2D eigenvalue weighted by Gasteiger charge is 2.05. The van der Waals surface area contributed by atoms with Gasteiger partial charge >= 0.3 is 0 Å². The lowest BCUT2D eigenvalue weighted by Gasteiger charge is -2.08. The molecule has 0 radical (unpaired) electrons. The summed E-state index contributed by atoms with van der Waals surface area (Å²) in [6.07, 6.45) is 1.13. The monoisotopic (exact) mass is 374 g/mol. The molecule has 0 atom stereocenters. The summed E-state index contributed by atoms with van der Waals surface area (Å²) < 4.78 is 1.02. The average Bonchev–Trinajstić information content (AvgIpc) is 2.52. The summed E-state index contributed by atoms with van der Waals surface area (Å²) in [5, 5.41) is 5.63. The molecule has 2 amide bonds. The lowest BCUT2D eigenvalue weighted by molar-refractivity contribution is -0.121. The fraction of sp³-hybridized carbons (Fsp3) is 0.222. The summed E-state index contributed by atoms with van der Waals surface area (Å²) in [5.41, 5.74) is 2.80. The van der Waals surface area contributed by atoms with Gasteiger partial charge in [-0.25, -0.2) is 0 Å². The Morgan fingerprint density at radius 2 is 1.87 bits per heavy atom. The number of amides is 2. The second-order valence-electron chi connectivity index (χ2n) is 5.25. The molecule has 0 aliphatic heterocycles. The van der Waals surface area contributed by atoms with E-state index in [0.717, 1.165) is 21.3 Å². The molecule has 0 fully saturated rings. The van der Waals surface area contributed by atoms with Gasteiger partial charge in [0.2, 0.25) is 11.8 Å². The Bertz CT molecular complexity index is 701. The van der Waals surface area contributed by atoms with E-state index < -0.39 is 0 Å². The molecule has 0 aliphatic carbocycles. The van der Waals surface area contributed by atoms with Crippen LogP contribution >= 0.6 is 15.9 Å². The highest BCUT2D eigenvalue weighted by atomic mass is 79.9. The average molecular weight is 375 g/mol. The first-order valence-corrected chi connectivity index (χ1v) is 8.20. The Hall–Kier alpha value is -2.14. The zero-order chi connectivity index (χ0) is 16.7. The van der Waals surface area contributed by atoms with Gasteiger partial charge in [0.25, 0.3) is 0 Å². The van der Waals surface area contributed by atoms with E-state index >= 15 is 0 Å². The first-order chi connectivity index (χ1) is 11.0.